The fourth-order valence-electron chi connectivity index (χ4n) is 2.16. The smallest absolute Gasteiger partial charge is 0.153 e. The van der Waals surface area contributed by atoms with E-state index in [4.69, 9.17) is 0 Å². The second-order valence-electron chi connectivity index (χ2n) is 5.47. The highest BCUT2D eigenvalue weighted by Crippen LogP contribution is 2.15. The average Bonchev–Trinajstić information content (AvgIpc) is 2.41. The molecular formula is C16H22N4. The van der Waals surface area contributed by atoms with E-state index < -0.39 is 0 Å². The fraction of sp³-hybridized carbons (Fsp3) is 0.375. The van der Waals surface area contributed by atoms with Crippen molar-refractivity contribution in [2.45, 2.75) is 33.2 Å². The van der Waals surface area contributed by atoms with Crippen LogP contribution in [0.3, 0.4) is 0 Å². The molecule has 0 saturated heterocycles. The first-order valence-corrected chi connectivity index (χ1v) is 7.06. The highest BCUT2D eigenvalue weighted by molar-refractivity contribution is 5.56. The number of rotatable bonds is 6. The Balaban J connectivity index is 1.93. The zero-order valence-electron chi connectivity index (χ0n) is 12.3. The van der Waals surface area contributed by atoms with E-state index in [-0.39, 0.29) is 0 Å². The first-order chi connectivity index (χ1) is 9.63. The van der Waals surface area contributed by atoms with Gasteiger partial charge in [-0.3, -0.25) is 0 Å². The van der Waals surface area contributed by atoms with Gasteiger partial charge in [0.2, 0.25) is 0 Å². The SMILES string of the molecule is CC(C)CC(C)Nc1ccc(Nc2ccccc2)nn1. The largest absolute Gasteiger partial charge is 0.366 e. The predicted molar refractivity (Wildman–Crippen MR) is 84.3 cm³/mol. The molecule has 2 rings (SSSR count). The Bertz CT molecular complexity index is 508. The van der Waals surface area contributed by atoms with Crippen LogP contribution in [-0.4, -0.2) is 16.2 Å². The molecule has 1 heterocycles. The quantitative estimate of drug-likeness (QED) is 0.831. The van der Waals surface area contributed by atoms with Crippen molar-refractivity contribution in [3.8, 4) is 0 Å². The molecule has 0 aliphatic carbocycles. The third-order valence-corrected chi connectivity index (χ3v) is 2.93. The van der Waals surface area contributed by atoms with Gasteiger partial charge in [-0.05, 0) is 43.5 Å². The van der Waals surface area contributed by atoms with E-state index in [1.165, 1.54) is 0 Å². The lowest BCUT2D eigenvalue weighted by Crippen LogP contribution is -2.18. The van der Waals surface area contributed by atoms with Crippen LogP contribution in [0.25, 0.3) is 0 Å². The van der Waals surface area contributed by atoms with Crippen molar-refractivity contribution in [1.29, 1.82) is 0 Å². The maximum absolute atomic E-state index is 4.20. The molecule has 4 nitrogen and oxygen atoms in total. The number of nitrogens with zero attached hydrogens (tertiary/aromatic N) is 2. The molecule has 0 aliphatic heterocycles. The minimum absolute atomic E-state index is 0.400. The van der Waals surface area contributed by atoms with Crippen molar-refractivity contribution >= 4 is 17.3 Å². The second-order valence-corrected chi connectivity index (χ2v) is 5.47. The van der Waals surface area contributed by atoms with Gasteiger partial charge in [0.1, 0.15) is 5.82 Å². The summed E-state index contributed by atoms with van der Waals surface area (Å²) in [5, 5.41) is 15.0. The van der Waals surface area contributed by atoms with Gasteiger partial charge in [-0.25, -0.2) is 0 Å². The summed E-state index contributed by atoms with van der Waals surface area (Å²) in [6.07, 6.45) is 1.12. The maximum atomic E-state index is 4.20. The number of aromatic nitrogens is 2. The highest BCUT2D eigenvalue weighted by Gasteiger charge is 2.06. The second kappa shape index (κ2) is 6.89. The van der Waals surface area contributed by atoms with Crippen LogP contribution in [0.4, 0.5) is 17.3 Å². The normalized spacial score (nSPS) is 12.2. The van der Waals surface area contributed by atoms with E-state index >= 15 is 0 Å². The molecule has 0 aliphatic rings. The molecule has 0 spiro atoms. The van der Waals surface area contributed by atoms with Crippen LogP contribution in [0.5, 0.6) is 0 Å². The van der Waals surface area contributed by atoms with Crippen molar-refractivity contribution in [3.05, 3.63) is 42.5 Å². The van der Waals surface area contributed by atoms with Gasteiger partial charge in [-0.1, -0.05) is 32.0 Å². The minimum atomic E-state index is 0.400. The van der Waals surface area contributed by atoms with Gasteiger partial charge in [0.05, 0.1) is 0 Å². The molecular weight excluding hydrogens is 248 g/mol. The van der Waals surface area contributed by atoms with E-state index in [0.717, 1.165) is 23.7 Å². The molecule has 0 bridgehead atoms. The maximum Gasteiger partial charge on any atom is 0.153 e. The van der Waals surface area contributed by atoms with Crippen molar-refractivity contribution in [2.75, 3.05) is 10.6 Å². The average molecular weight is 270 g/mol. The third-order valence-electron chi connectivity index (χ3n) is 2.93. The first kappa shape index (κ1) is 14.3. The van der Waals surface area contributed by atoms with Crippen LogP contribution in [0.15, 0.2) is 42.5 Å². The number of hydrogen-bond acceptors (Lipinski definition) is 4. The Morgan fingerprint density at radius 3 is 2.15 bits per heavy atom. The molecule has 20 heavy (non-hydrogen) atoms. The summed E-state index contributed by atoms with van der Waals surface area (Å²) in [7, 11) is 0. The van der Waals surface area contributed by atoms with Crippen LogP contribution in [-0.2, 0) is 0 Å². The van der Waals surface area contributed by atoms with Crippen molar-refractivity contribution in [1.82, 2.24) is 10.2 Å². The van der Waals surface area contributed by atoms with E-state index in [1.54, 1.807) is 0 Å². The summed E-state index contributed by atoms with van der Waals surface area (Å²) >= 11 is 0. The van der Waals surface area contributed by atoms with Crippen LogP contribution < -0.4 is 10.6 Å². The summed E-state index contributed by atoms with van der Waals surface area (Å²) in [5.41, 5.74) is 1.01. The van der Waals surface area contributed by atoms with Crippen LogP contribution in [0, 0.1) is 5.92 Å². The Hall–Kier alpha value is -2.10. The van der Waals surface area contributed by atoms with Crippen LogP contribution in [0.1, 0.15) is 27.2 Å². The number of benzene rings is 1. The Kier molecular flexibility index (Phi) is 4.93. The van der Waals surface area contributed by atoms with Crippen LogP contribution in [0.2, 0.25) is 0 Å². The standard InChI is InChI=1S/C16H22N4/c1-12(2)11-13(3)17-15-9-10-16(20-19-15)18-14-7-5-4-6-8-14/h4-10,12-13H,11H2,1-3H3,(H,17,19)(H,18,20). The van der Waals surface area contributed by atoms with Crippen molar-refractivity contribution in [3.63, 3.8) is 0 Å². The number of para-hydroxylation sites is 1. The summed E-state index contributed by atoms with van der Waals surface area (Å²) in [5.74, 6) is 2.24. The zero-order valence-corrected chi connectivity index (χ0v) is 12.3. The molecule has 2 N–H and O–H groups in total. The summed E-state index contributed by atoms with van der Waals surface area (Å²) in [6, 6.07) is 14.2. The van der Waals surface area contributed by atoms with Gasteiger partial charge < -0.3 is 10.6 Å². The molecule has 0 amide bonds. The van der Waals surface area contributed by atoms with Crippen molar-refractivity contribution < 1.29 is 0 Å². The Labute approximate surface area is 120 Å². The molecule has 0 radical (unpaired) electrons. The molecule has 1 unspecified atom stereocenters. The van der Waals surface area contributed by atoms with E-state index in [1.807, 2.05) is 42.5 Å². The zero-order chi connectivity index (χ0) is 14.4. The van der Waals surface area contributed by atoms with Gasteiger partial charge in [0, 0.05) is 11.7 Å². The molecule has 0 saturated carbocycles. The lowest BCUT2D eigenvalue weighted by atomic mass is 10.1. The monoisotopic (exact) mass is 270 g/mol. The van der Waals surface area contributed by atoms with E-state index in [2.05, 4.69) is 41.6 Å². The van der Waals surface area contributed by atoms with Crippen LogP contribution >= 0.6 is 0 Å². The van der Waals surface area contributed by atoms with Gasteiger partial charge in [-0.2, -0.15) is 0 Å². The molecule has 1 atom stereocenters. The number of anilines is 3. The highest BCUT2D eigenvalue weighted by atomic mass is 15.2. The summed E-state index contributed by atoms with van der Waals surface area (Å²) in [6.45, 7) is 6.60. The molecule has 1 aromatic heterocycles. The van der Waals surface area contributed by atoms with E-state index in [9.17, 15) is 0 Å². The lowest BCUT2D eigenvalue weighted by Gasteiger charge is -2.16. The lowest BCUT2D eigenvalue weighted by molar-refractivity contribution is 0.538. The number of hydrogen-bond donors (Lipinski definition) is 2. The number of nitrogens with one attached hydrogen (secondary N) is 2. The van der Waals surface area contributed by atoms with Crippen molar-refractivity contribution in [2.24, 2.45) is 5.92 Å². The molecule has 1 aromatic carbocycles. The fourth-order valence-corrected chi connectivity index (χ4v) is 2.16. The third kappa shape index (κ3) is 4.53. The van der Waals surface area contributed by atoms with Gasteiger partial charge in [0.25, 0.3) is 0 Å². The predicted octanol–water partition coefficient (Wildman–Crippen LogP) is 4.07. The van der Waals surface area contributed by atoms with Gasteiger partial charge in [0.15, 0.2) is 5.82 Å². The van der Waals surface area contributed by atoms with Gasteiger partial charge >= 0.3 is 0 Å². The van der Waals surface area contributed by atoms with Gasteiger partial charge in [-0.15, -0.1) is 10.2 Å². The molecule has 0 fully saturated rings. The molecule has 4 heteroatoms. The van der Waals surface area contributed by atoms with E-state index in [0.29, 0.717) is 12.0 Å². The summed E-state index contributed by atoms with van der Waals surface area (Å²) < 4.78 is 0. The molecule has 106 valence electrons. The minimum Gasteiger partial charge on any atom is -0.366 e. The Morgan fingerprint density at radius 1 is 0.900 bits per heavy atom. The Morgan fingerprint density at radius 2 is 1.55 bits per heavy atom. The summed E-state index contributed by atoms with van der Waals surface area (Å²) in [4.78, 5) is 0. The first-order valence-electron chi connectivity index (χ1n) is 7.06. The molecule has 2 aromatic rings. The topological polar surface area (TPSA) is 49.8 Å².